The molecule has 2 aliphatic rings. The van der Waals surface area contributed by atoms with Crippen molar-refractivity contribution in [2.45, 2.75) is 37.4 Å². The molecule has 21 heavy (non-hydrogen) atoms. The second-order valence-corrected chi connectivity index (χ2v) is 5.87. The van der Waals surface area contributed by atoms with Crippen molar-refractivity contribution in [3.63, 3.8) is 0 Å². The zero-order valence-corrected chi connectivity index (χ0v) is 11.6. The Morgan fingerprint density at radius 1 is 1.38 bits per heavy atom. The van der Waals surface area contributed by atoms with Crippen LogP contribution in [0.5, 0.6) is 0 Å². The topological polar surface area (TPSA) is 54.3 Å². The molecule has 2 bridgehead atoms. The largest absolute Gasteiger partial charge is 0.448 e. The third-order valence-corrected chi connectivity index (χ3v) is 4.54. The molecule has 0 radical (unpaired) electrons. The van der Waals surface area contributed by atoms with Crippen molar-refractivity contribution in [2.75, 3.05) is 0 Å². The molecular formula is C17H16N2O2. The van der Waals surface area contributed by atoms with E-state index in [9.17, 15) is 4.79 Å². The molecule has 0 unspecified atom stereocenters. The lowest BCUT2D eigenvalue weighted by atomic mass is 9.95. The van der Waals surface area contributed by atoms with Crippen molar-refractivity contribution in [3.05, 3.63) is 35.6 Å². The third-order valence-electron chi connectivity index (χ3n) is 4.54. The summed E-state index contributed by atoms with van der Waals surface area (Å²) >= 11 is 0. The van der Waals surface area contributed by atoms with E-state index in [0.29, 0.717) is 29.0 Å². The summed E-state index contributed by atoms with van der Waals surface area (Å²) in [4.78, 5) is 12.4. The number of hydrogen-bond acceptors (Lipinski definition) is 3. The Hall–Kier alpha value is -2.25. The van der Waals surface area contributed by atoms with E-state index in [1.807, 2.05) is 12.1 Å². The lowest BCUT2D eigenvalue weighted by molar-refractivity contribution is 0.0931. The second-order valence-electron chi connectivity index (χ2n) is 5.87. The van der Waals surface area contributed by atoms with Gasteiger partial charge in [-0.2, -0.15) is 0 Å². The first-order valence-corrected chi connectivity index (χ1v) is 7.30. The molecule has 2 aromatic rings. The van der Waals surface area contributed by atoms with E-state index in [4.69, 9.17) is 10.8 Å². The van der Waals surface area contributed by atoms with Crippen LogP contribution in [0.25, 0.3) is 11.0 Å². The average molecular weight is 280 g/mol. The fraction of sp³-hybridized carbons (Fsp3) is 0.353. The first-order valence-electron chi connectivity index (χ1n) is 7.30. The van der Waals surface area contributed by atoms with E-state index in [1.54, 1.807) is 12.1 Å². The van der Waals surface area contributed by atoms with E-state index in [-0.39, 0.29) is 11.9 Å². The smallest absolute Gasteiger partial charge is 0.251 e. The number of terminal acetylenes is 1. The van der Waals surface area contributed by atoms with Crippen LogP contribution >= 0.6 is 0 Å². The van der Waals surface area contributed by atoms with Gasteiger partial charge >= 0.3 is 0 Å². The molecule has 1 aromatic heterocycles. The molecule has 2 aliphatic heterocycles. The van der Waals surface area contributed by atoms with Gasteiger partial charge in [-0.3, -0.25) is 4.79 Å². The second kappa shape index (κ2) is 4.64. The van der Waals surface area contributed by atoms with E-state index in [1.165, 1.54) is 6.42 Å². The Labute approximate surface area is 122 Å². The summed E-state index contributed by atoms with van der Waals surface area (Å²) in [5.41, 5.74) is 1.27. The van der Waals surface area contributed by atoms with Crippen molar-refractivity contribution < 1.29 is 9.21 Å². The molecule has 1 amide bonds. The molecule has 0 spiro atoms. The average Bonchev–Trinajstić information content (AvgIpc) is 3.20. The van der Waals surface area contributed by atoms with Gasteiger partial charge in [-0.05, 0) is 37.3 Å². The zero-order valence-electron chi connectivity index (χ0n) is 11.6. The molecule has 4 nitrogen and oxygen atoms in total. The Kier molecular flexibility index (Phi) is 2.76. The van der Waals surface area contributed by atoms with Gasteiger partial charge in [0.1, 0.15) is 5.58 Å². The van der Waals surface area contributed by atoms with Crippen molar-refractivity contribution in [1.82, 2.24) is 10.6 Å². The van der Waals surface area contributed by atoms with Gasteiger partial charge in [-0.25, -0.2) is 0 Å². The molecule has 3 heterocycles. The molecule has 1 aromatic carbocycles. The van der Waals surface area contributed by atoms with Crippen LogP contribution in [0.1, 0.15) is 35.4 Å². The molecular weight excluding hydrogens is 264 g/mol. The van der Waals surface area contributed by atoms with Crippen LogP contribution in [0.2, 0.25) is 0 Å². The molecule has 2 fully saturated rings. The summed E-state index contributed by atoms with van der Waals surface area (Å²) in [6.45, 7) is 0. The predicted molar refractivity (Wildman–Crippen MR) is 80.0 cm³/mol. The number of carbonyl (C=O) groups is 1. The van der Waals surface area contributed by atoms with Crippen LogP contribution in [0, 0.1) is 12.3 Å². The van der Waals surface area contributed by atoms with Gasteiger partial charge < -0.3 is 15.1 Å². The van der Waals surface area contributed by atoms with Crippen LogP contribution in [0.15, 0.2) is 28.7 Å². The summed E-state index contributed by atoms with van der Waals surface area (Å²) in [5, 5.41) is 7.57. The quantitative estimate of drug-likeness (QED) is 0.828. The highest BCUT2D eigenvalue weighted by Gasteiger charge is 2.39. The number of amides is 1. The molecule has 4 heteroatoms. The lowest BCUT2D eigenvalue weighted by Gasteiger charge is -2.21. The van der Waals surface area contributed by atoms with Gasteiger partial charge in [0.2, 0.25) is 0 Å². The number of hydrogen-bond donors (Lipinski definition) is 2. The summed E-state index contributed by atoms with van der Waals surface area (Å²) < 4.78 is 5.50. The fourth-order valence-corrected chi connectivity index (χ4v) is 3.48. The zero-order chi connectivity index (χ0) is 14.4. The van der Waals surface area contributed by atoms with Crippen molar-refractivity contribution >= 4 is 16.9 Å². The highest BCUT2D eigenvalue weighted by molar-refractivity contribution is 5.97. The normalized spacial score (nSPS) is 26.9. The molecule has 0 saturated carbocycles. The Morgan fingerprint density at radius 2 is 2.29 bits per heavy atom. The Morgan fingerprint density at radius 3 is 3.00 bits per heavy atom. The molecule has 4 rings (SSSR count). The predicted octanol–water partition coefficient (Wildman–Crippen LogP) is 2.04. The number of benzene rings is 1. The summed E-state index contributed by atoms with van der Waals surface area (Å²) in [7, 11) is 0. The number of carbonyl (C=O) groups excluding carboxylic acids is 1. The van der Waals surface area contributed by atoms with Crippen LogP contribution in [0.3, 0.4) is 0 Å². The van der Waals surface area contributed by atoms with Crippen molar-refractivity contribution in [2.24, 2.45) is 0 Å². The van der Waals surface area contributed by atoms with Gasteiger partial charge in [-0.1, -0.05) is 6.07 Å². The highest BCUT2D eigenvalue weighted by atomic mass is 16.3. The van der Waals surface area contributed by atoms with Gasteiger partial charge in [-0.15, -0.1) is 6.42 Å². The van der Waals surface area contributed by atoms with Crippen LogP contribution in [0.4, 0.5) is 0 Å². The van der Waals surface area contributed by atoms with E-state index in [2.05, 4.69) is 16.6 Å². The van der Waals surface area contributed by atoms with Crippen LogP contribution < -0.4 is 10.6 Å². The molecule has 2 N–H and O–H groups in total. The van der Waals surface area contributed by atoms with E-state index >= 15 is 0 Å². The molecule has 2 saturated heterocycles. The molecule has 106 valence electrons. The maximum absolute atomic E-state index is 12.4. The monoisotopic (exact) mass is 280 g/mol. The van der Waals surface area contributed by atoms with Crippen LogP contribution in [-0.4, -0.2) is 24.0 Å². The molecule has 0 aliphatic carbocycles. The minimum absolute atomic E-state index is 0.0464. The number of rotatable bonds is 2. The summed E-state index contributed by atoms with van der Waals surface area (Å²) in [6, 6.07) is 8.49. The highest BCUT2D eigenvalue weighted by Crippen LogP contribution is 2.28. The minimum Gasteiger partial charge on any atom is -0.448 e. The lowest BCUT2D eigenvalue weighted by Crippen LogP contribution is -2.42. The minimum atomic E-state index is -0.0464. The van der Waals surface area contributed by atoms with E-state index in [0.717, 1.165) is 18.2 Å². The maximum Gasteiger partial charge on any atom is 0.251 e. The Bertz CT molecular complexity index is 756. The first kappa shape index (κ1) is 12.5. The van der Waals surface area contributed by atoms with Gasteiger partial charge in [0.25, 0.3) is 5.91 Å². The standard InChI is InChI=1S/C17H16N2O2/c1-2-13-7-10-3-4-11(8-16(10)21-13)17(20)19-15-9-12-5-6-14(15)18-12/h1,3-4,7-8,12,14-15,18H,5-6,9H2,(H,19,20)/t12-,14+,15-/m1/s1. The van der Waals surface area contributed by atoms with Gasteiger partial charge in [0.05, 0.1) is 0 Å². The Balaban J connectivity index is 1.55. The molecule has 3 atom stereocenters. The summed E-state index contributed by atoms with van der Waals surface area (Å²) in [5.74, 6) is 2.91. The SMILES string of the molecule is C#Cc1cc2ccc(C(=O)N[C@@H]3C[C@H]4CC[C@@H]3N4)cc2o1. The third kappa shape index (κ3) is 2.10. The fourth-order valence-electron chi connectivity index (χ4n) is 3.48. The van der Waals surface area contributed by atoms with Gasteiger partial charge in [0, 0.05) is 35.1 Å². The number of fused-ring (bicyclic) bond motifs is 3. The van der Waals surface area contributed by atoms with Crippen LogP contribution in [-0.2, 0) is 0 Å². The van der Waals surface area contributed by atoms with E-state index < -0.39 is 0 Å². The number of nitrogens with one attached hydrogen (secondary N) is 2. The number of furan rings is 1. The van der Waals surface area contributed by atoms with Crippen molar-refractivity contribution in [1.29, 1.82) is 0 Å². The maximum atomic E-state index is 12.4. The van der Waals surface area contributed by atoms with Crippen molar-refractivity contribution in [3.8, 4) is 12.3 Å². The summed E-state index contributed by atoms with van der Waals surface area (Å²) in [6.07, 6.45) is 8.73. The van der Waals surface area contributed by atoms with Gasteiger partial charge in [0.15, 0.2) is 5.76 Å². The first-order chi connectivity index (χ1) is 10.2.